The summed E-state index contributed by atoms with van der Waals surface area (Å²) in [4.78, 5) is 10.7. The van der Waals surface area contributed by atoms with E-state index in [0.717, 1.165) is 6.07 Å². The Morgan fingerprint density at radius 1 is 1.33 bits per heavy atom. The van der Waals surface area contributed by atoms with Crippen LogP contribution in [0.1, 0.15) is 15.9 Å². The van der Waals surface area contributed by atoms with E-state index in [9.17, 15) is 22.4 Å². The molecule has 0 heterocycles. The molecule has 0 aliphatic heterocycles. The topological polar surface area (TPSA) is 17.1 Å². The Morgan fingerprint density at radius 3 is 2.27 bits per heavy atom. The standard InChI is InChI=1S/C8H2BrClF4O/c9-6-3(7(10)15)1-2-4(11)5(6)8(12,13)14/h1-2H. The molecule has 1 rings (SSSR count). The smallest absolute Gasteiger partial charge is 0.276 e. The summed E-state index contributed by atoms with van der Waals surface area (Å²) in [7, 11) is 0. The molecule has 1 nitrogen and oxygen atoms in total. The van der Waals surface area contributed by atoms with Crippen LogP contribution in [0.5, 0.6) is 0 Å². The lowest BCUT2D eigenvalue weighted by molar-refractivity contribution is -0.140. The second-order valence-corrected chi connectivity index (χ2v) is 3.69. The zero-order valence-corrected chi connectivity index (χ0v) is 9.17. The number of carbonyl (C=O) groups excluding carboxylic acids is 1. The minimum atomic E-state index is -4.88. The van der Waals surface area contributed by atoms with Crippen molar-refractivity contribution in [1.29, 1.82) is 0 Å². The van der Waals surface area contributed by atoms with E-state index in [1.807, 2.05) is 0 Å². The Balaban J connectivity index is 3.51. The van der Waals surface area contributed by atoms with E-state index in [4.69, 9.17) is 11.6 Å². The molecule has 0 fully saturated rings. The van der Waals surface area contributed by atoms with Gasteiger partial charge in [0.1, 0.15) is 11.4 Å². The first kappa shape index (κ1) is 12.4. The van der Waals surface area contributed by atoms with Gasteiger partial charge in [-0.15, -0.1) is 0 Å². The van der Waals surface area contributed by atoms with E-state index >= 15 is 0 Å². The lowest BCUT2D eigenvalue weighted by Gasteiger charge is -2.11. The van der Waals surface area contributed by atoms with Gasteiger partial charge in [-0.05, 0) is 39.7 Å². The molecule has 0 saturated carbocycles. The summed E-state index contributed by atoms with van der Waals surface area (Å²) >= 11 is 7.53. The number of carbonyl (C=O) groups is 1. The average Bonchev–Trinajstić information content (AvgIpc) is 2.00. The predicted molar refractivity (Wildman–Crippen MR) is 49.3 cm³/mol. The predicted octanol–water partition coefficient (Wildman–Crippen LogP) is 3.99. The molecule has 82 valence electrons. The van der Waals surface area contributed by atoms with Crippen molar-refractivity contribution in [1.82, 2.24) is 0 Å². The fourth-order valence-electron chi connectivity index (χ4n) is 0.964. The highest BCUT2D eigenvalue weighted by atomic mass is 79.9. The van der Waals surface area contributed by atoms with Crippen molar-refractivity contribution in [3.05, 3.63) is 33.5 Å². The van der Waals surface area contributed by atoms with Crippen LogP contribution in [0.3, 0.4) is 0 Å². The van der Waals surface area contributed by atoms with E-state index in [2.05, 4.69) is 15.9 Å². The number of benzene rings is 1. The molecule has 1 aromatic rings. The van der Waals surface area contributed by atoms with Crippen LogP contribution in [-0.2, 0) is 6.18 Å². The fraction of sp³-hybridized carbons (Fsp3) is 0.125. The van der Waals surface area contributed by atoms with Crippen molar-refractivity contribution >= 4 is 32.8 Å². The molecule has 0 amide bonds. The van der Waals surface area contributed by atoms with Crippen LogP contribution in [0.15, 0.2) is 16.6 Å². The van der Waals surface area contributed by atoms with Crippen LogP contribution in [0, 0.1) is 5.82 Å². The molecule has 0 aromatic heterocycles. The number of rotatable bonds is 1. The van der Waals surface area contributed by atoms with E-state index in [1.165, 1.54) is 0 Å². The first-order valence-electron chi connectivity index (χ1n) is 3.50. The summed E-state index contributed by atoms with van der Waals surface area (Å²) in [6.07, 6.45) is -4.88. The van der Waals surface area contributed by atoms with E-state index in [1.54, 1.807) is 0 Å². The third-order valence-corrected chi connectivity index (χ3v) is 2.61. The molecule has 0 spiro atoms. The van der Waals surface area contributed by atoms with Gasteiger partial charge in [0.2, 0.25) is 0 Å². The van der Waals surface area contributed by atoms with Crippen molar-refractivity contribution in [2.75, 3.05) is 0 Å². The van der Waals surface area contributed by atoms with Gasteiger partial charge in [0.15, 0.2) is 0 Å². The van der Waals surface area contributed by atoms with Crippen molar-refractivity contribution in [2.45, 2.75) is 6.18 Å². The van der Waals surface area contributed by atoms with Gasteiger partial charge in [-0.25, -0.2) is 4.39 Å². The third-order valence-electron chi connectivity index (χ3n) is 1.59. The van der Waals surface area contributed by atoms with Gasteiger partial charge in [-0.1, -0.05) is 0 Å². The van der Waals surface area contributed by atoms with Crippen LogP contribution in [0.4, 0.5) is 17.6 Å². The zero-order chi connectivity index (χ0) is 11.8. The van der Waals surface area contributed by atoms with Crippen molar-refractivity contribution in [3.63, 3.8) is 0 Å². The van der Waals surface area contributed by atoms with Crippen LogP contribution in [-0.4, -0.2) is 5.24 Å². The molecule has 7 heteroatoms. The van der Waals surface area contributed by atoms with Crippen molar-refractivity contribution < 1.29 is 22.4 Å². The maximum absolute atomic E-state index is 12.9. The molecule has 0 aliphatic rings. The van der Waals surface area contributed by atoms with Gasteiger partial charge in [-0.3, -0.25) is 4.79 Å². The molecule has 15 heavy (non-hydrogen) atoms. The molecule has 0 bridgehead atoms. The Labute approximate surface area is 95.2 Å². The fourth-order valence-corrected chi connectivity index (χ4v) is 1.96. The number of halogens is 6. The summed E-state index contributed by atoms with van der Waals surface area (Å²) in [5, 5.41) is -1.09. The normalized spacial score (nSPS) is 11.6. The highest BCUT2D eigenvalue weighted by Crippen LogP contribution is 2.38. The maximum Gasteiger partial charge on any atom is 0.420 e. The molecule has 0 N–H and O–H groups in total. The highest BCUT2D eigenvalue weighted by molar-refractivity contribution is 9.10. The molecular weight excluding hydrogens is 303 g/mol. The summed E-state index contributed by atoms with van der Waals surface area (Å²) in [5.41, 5.74) is -1.96. The highest BCUT2D eigenvalue weighted by Gasteiger charge is 2.37. The van der Waals surface area contributed by atoms with Gasteiger partial charge < -0.3 is 0 Å². The van der Waals surface area contributed by atoms with Gasteiger partial charge in [-0.2, -0.15) is 13.2 Å². The molecule has 1 aromatic carbocycles. The van der Waals surface area contributed by atoms with Gasteiger partial charge in [0, 0.05) is 10.0 Å². The summed E-state index contributed by atoms with van der Waals surface area (Å²) < 4.78 is 49.2. The van der Waals surface area contributed by atoms with Crippen LogP contribution in [0.25, 0.3) is 0 Å². The van der Waals surface area contributed by atoms with Crippen LogP contribution < -0.4 is 0 Å². The molecule has 0 radical (unpaired) electrons. The Hall–Kier alpha value is -0.620. The number of hydrogen-bond acceptors (Lipinski definition) is 1. The maximum atomic E-state index is 12.9. The zero-order valence-electron chi connectivity index (χ0n) is 6.83. The summed E-state index contributed by atoms with van der Waals surface area (Å²) in [6, 6.07) is 1.42. The monoisotopic (exact) mass is 304 g/mol. The second-order valence-electron chi connectivity index (χ2n) is 2.56. The van der Waals surface area contributed by atoms with E-state index in [-0.39, 0.29) is 0 Å². The molecule has 0 atom stereocenters. The first-order chi connectivity index (χ1) is 6.75. The van der Waals surface area contributed by atoms with Crippen molar-refractivity contribution in [2.24, 2.45) is 0 Å². The Kier molecular flexibility index (Phi) is 3.40. The van der Waals surface area contributed by atoms with Crippen LogP contribution in [0.2, 0.25) is 0 Å². The van der Waals surface area contributed by atoms with Crippen LogP contribution >= 0.6 is 27.5 Å². The SMILES string of the molecule is O=C(Cl)c1ccc(F)c(C(F)(F)F)c1Br. The molecule has 0 aliphatic carbocycles. The first-order valence-corrected chi connectivity index (χ1v) is 4.67. The van der Waals surface area contributed by atoms with Gasteiger partial charge >= 0.3 is 6.18 Å². The number of hydrogen-bond donors (Lipinski definition) is 0. The molecule has 0 unspecified atom stereocenters. The minimum absolute atomic E-state index is 0.426. The molecular formula is C8H2BrClF4O. The number of alkyl halides is 3. The summed E-state index contributed by atoms with van der Waals surface area (Å²) in [6.45, 7) is 0. The lowest BCUT2D eigenvalue weighted by Crippen LogP contribution is -2.11. The minimum Gasteiger partial charge on any atom is -0.276 e. The largest absolute Gasteiger partial charge is 0.420 e. The van der Waals surface area contributed by atoms with Crippen molar-refractivity contribution in [3.8, 4) is 0 Å². The average molecular weight is 305 g/mol. The van der Waals surface area contributed by atoms with Gasteiger partial charge in [0.25, 0.3) is 5.24 Å². The summed E-state index contributed by atoms with van der Waals surface area (Å²) in [5.74, 6) is -1.46. The second kappa shape index (κ2) is 4.09. The lowest BCUT2D eigenvalue weighted by atomic mass is 10.1. The Morgan fingerprint density at radius 2 is 1.87 bits per heavy atom. The van der Waals surface area contributed by atoms with E-state index < -0.39 is 32.8 Å². The third kappa shape index (κ3) is 2.49. The quantitative estimate of drug-likeness (QED) is 0.566. The molecule has 0 saturated heterocycles. The Bertz CT molecular complexity index is 416. The van der Waals surface area contributed by atoms with Gasteiger partial charge in [0.05, 0.1) is 0 Å². The van der Waals surface area contributed by atoms with E-state index in [0.29, 0.717) is 6.07 Å².